The summed E-state index contributed by atoms with van der Waals surface area (Å²) in [5.41, 5.74) is -1.04. The minimum Gasteiger partial charge on any atom is -0.273 e. The summed E-state index contributed by atoms with van der Waals surface area (Å²) < 4.78 is 0. The highest BCUT2D eigenvalue weighted by atomic mass is 16.2. The maximum Gasteiger partial charge on any atom is 0.332 e. The topological polar surface area (TPSA) is 57.7 Å². The van der Waals surface area contributed by atoms with E-state index in [-0.39, 0.29) is 11.8 Å². The largest absolute Gasteiger partial charge is 0.332 e. The Morgan fingerprint density at radius 2 is 1.44 bits per heavy atom. The summed E-state index contributed by atoms with van der Waals surface area (Å²) in [7, 11) is 2.88. The van der Waals surface area contributed by atoms with E-state index in [1.54, 1.807) is 0 Å². The zero-order valence-electron chi connectivity index (χ0n) is 11.7. The molecule has 1 rings (SSSR count). The van der Waals surface area contributed by atoms with Crippen molar-refractivity contribution in [2.75, 3.05) is 14.1 Å². The number of nitrogens with zero attached hydrogens (tertiary/aromatic N) is 2. The van der Waals surface area contributed by atoms with Crippen LogP contribution in [0.4, 0.5) is 4.79 Å². The van der Waals surface area contributed by atoms with Crippen molar-refractivity contribution in [3.8, 4) is 0 Å². The Bertz CT molecular complexity index is 341. The lowest BCUT2D eigenvalue weighted by Crippen LogP contribution is -2.62. The van der Waals surface area contributed by atoms with Gasteiger partial charge in [0.05, 0.1) is 0 Å². The van der Waals surface area contributed by atoms with Gasteiger partial charge in [-0.2, -0.15) is 0 Å². The molecule has 0 saturated carbocycles. The molecule has 5 heteroatoms. The van der Waals surface area contributed by atoms with Crippen LogP contribution in [0.3, 0.4) is 0 Å². The summed E-state index contributed by atoms with van der Waals surface area (Å²) in [6.45, 7) is 3.91. The molecule has 0 aliphatic carbocycles. The van der Waals surface area contributed by atoms with Crippen LogP contribution < -0.4 is 0 Å². The molecule has 102 valence electrons. The van der Waals surface area contributed by atoms with Crippen LogP contribution in [0.2, 0.25) is 0 Å². The fourth-order valence-corrected chi connectivity index (χ4v) is 2.50. The second kappa shape index (κ2) is 5.50. The number of hydrogen-bond donors (Lipinski definition) is 0. The second-order valence-electron chi connectivity index (χ2n) is 4.90. The van der Waals surface area contributed by atoms with E-state index in [2.05, 4.69) is 6.92 Å². The molecule has 0 spiro atoms. The fraction of sp³-hybridized carbons (Fsp3) is 0.769. The molecule has 1 fully saturated rings. The van der Waals surface area contributed by atoms with E-state index >= 15 is 0 Å². The van der Waals surface area contributed by atoms with E-state index in [9.17, 15) is 14.4 Å². The summed E-state index contributed by atoms with van der Waals surface area (Å²) in [5.74, 6) is -0.705. The Balaban J connectivity index is 3.03. The van der Waals surface area contributed by atoms with Crippen molar-refractivity contribution in [1.82, 2.24) is 9.80 Å². The summed E-state index contributed by atoms with van der Waals surface area (Å²) >= 11 is 0. The van der Waals surface area contributed by atoms with Gasteiger partial charge in [-0.05, 0) is 12.8 Å². The van der Waals surface area contributed by atoms with E-state index in [0.717, 1.165) is 29.1 Å². The molecule has 0 aromatic heterocycles. The molecule has 0 bridgehead atoms. The number of hydrogen-bond acceptors (Lipinski definition) is 3. The van der Waals surface area contributed by atoms with Crippen molar-refractivity contribution >= 4 is 17.8 Å². The van der Waals surface area contributed by atoms with Gasteiger partial charge in [0.25, 0.3) is 0 Å². The Labute approximate surface area is 108 Å². The van der Waals surface area contributed by atoms with Gasteiger partial charge in [-0.1, -0.05) is 33.1 Å². The lowest BCUT2D eigenvalue weighted by atomic mass is 9.76. The molecule has 0 aromatic carbocycles. The van der Waals surface area contributed by atoms with Crippen LogP contribution in [0, 0.1) is 5.41 Å². The van der Waals surface area contributed by atoms with E-state index in [1.165, 1.54) is 14.1 Å². The van der Waals surface area contributed by atoms with Crippen molar-refractivity contribution in [2.24, 2.45) is 5.41 Å². The van der Waals surface area contributed by atoms with Crippen LogP contribution >= 0.6 is 0 Å². The number of rotatable bonds is 5. The summed E-state index contributed by atoms with van der Waals surface area (Å²) in [6.07, 6.45) is 3.82. The Morgan fingerprint density at radius 3 is 1.83 bits per heavy atom. The summed E-state index contributed by atoms with van der Waals surface area (Å²) in [4.78, 5) is 38.4. The van der Waals surface area contributed by atoms with Gasteiger partial charge in [0.15, 0.2) is 0 Å². The van der Waals surface area contributed by atoms with Crippen molar-refractivity contribution in [3.63, 3.8) is 0 Å². The Hall–Kier alpha value is -1.39. The van der Waals surface area contributed by atoms with Crippen molar-refractivity contribution in [1.29, 1.82) is 0 Å². The average Bonchev–Trinajstić information content (AvgIpc) is 2.38. The Morgan fingerprint density at radius 1 is 0.944 bits per heavy atom. The third kappa shape index (κ3) is 2.13. The molecule has 0 aromatic rings. The molecule has 5 nitrogen and oxygen atoms in total. The minimum atomic E-state index is -1.04. The van der Waals surface area contributed by atoms with Gasteiger partial charge < -0.3 is 0 Å². The molecule has 4 amide bonds. The molecule has 0 unspecified atom stereocenters. The lowest BCUT2D eigenvalue weighted by Gasteiger charge is -2.41. The van der Waals surface area contributed by atoms with Gasteiger partial charge in [-0.15, -0.1) is 0 Å². The lowest BCUT2D eigenvalue weighted by molar-refractivity contribution is -0.158. The molecule has 18 heavy (non-hydrogen) atoms. The van der Waals surface area contributed by atoms with Gasteiger partial charge >= 0.3 is 6.03 Å². The van der Waals surface area contributed by atoms with Crippen molar-refractivity contribution in [3.05, 3.63) is 0 Å². The van der Waals surface area contributed by atoms with Crippen molar-refractivity contribution < 1.29 is 14.4 Å². The maximum atomic E-state index is 12.3. The van der Waals surface area contributed by atoms with Crippen molar-refractivity contribution in [2.45, 2.75) is 46.0 Å². The van der Waals surface area contributed by atoms with E-state index in [0.29, 0.717) is 12.8 Å². The van der Waals surface area contributed by atoms with Gasteiger partial charge in [0, 0.05) is 14.1 Å². The summed E-state index contributed by atoms with van der Waals surface area (Å²) in [5, 5.41) is 0. The number of carbonyl (C=O) groups is 3. The smallest absolute Gasteiger partial charge is 0.273 e. The van der Waals surface area contributed by atoms with Gasteiger partial charge in [-0.25, -0.2) is 4.79 Å². The quantitative estimate of drug-likeness (QED) is 0.557. The van der Waals surface area contributed by atoms with E-state index in [1.807, 2.05) is 6.92 Å². The highest BCUT2D eigenvalue weighted by molar-refractivity contribution is 6.18. The van der Waals surface area contributed by atoms with E-state index in [4.69, 9.17) is 0 Å². The third-order valence-corrected chi connectivity index (χ3v) is 3.81. The number of amides is 4. The fourth-order valence-electron chi connectivity index (χ4n) is 2.50. The number of unbranched alkanes of at least 4 members (excludes halogenated alkanes) is 2. The molecule has 0 atom stereocenters. The molecule has 1 heterocycles. The normalized spacial score (nSPS) is 19.7. The number of barbiturate groups is 1. The first-order chi connectivity index (χ1) is 8.42. The second-order valence-corrected chi connectivity index (χ2v) is 4.90. The molecular weight excluding hydrogens is 232 g/mol. The highest BCUT2D eigenvalue weighted by Crippen LogP contribution is 2.36. The number of imide groups is 2. The van der Waals surface area contributed by atoms with Crippen LogP contribution in [0.5, 0.6) is 0 Å². The van der Waals surface area contributed by atoms with Crippen LogP contribution in [0.15, 0.2) is 0 Å². The molecule has 1 saturated heterocycles. The molecular formula is C13H22N2O3. The SMILES string of the molecule is CCCCCC1(CC)C(=O)N(C)C(=O)N(C)C1=O. The first-order valence-electron chi connectivity index (χ1n) is 6.52. The molecule has 0 N–H and O–H groups in total. The van der Waals surface area contributed by atoms with Gasteiger partial charge in [0.1, 0.15) is 5.41 Å². The minimum absolute atomic E-state index is 0.353. The van der Waals surface area contributed by atoms with Crippen LogP contribution in [-0.4, -0.2) is 41.7 Å². The zero-order valence-corrected chi connectivity index (χ0v) is 11.7. The van der Waals surface area contributed by atoms with E-state index < -0.39 is 11.4 Å². The number of carbonyl (C=O) groups excluding carboxylic acids is 3. The maximum absolute atomic E-state index is 12.3. The number of urea groups is 1. The predicted octanol–water partition coefficient (Wildman–Crippen LogP) is 2.01. The standard InChI is InChI=1S/C13H22N2O3/c1-5-7-8-9-13(6-2)10(16)14(3)12(18)15(4)11(13)17/h5-9H2,1-4H3. The van der Waals surface area contributed by atoms with Gasteiger partial charge in [-0.3, -0.25) is 19.4 Å². The molecule has 1 aliphatic heterocycles. The molecule has 0 radical (unpaired) electrons. The molecule has 1 aliphatic rings. The van der Waals surface area contributed by atoms with Crippen LogP contribution in [0.1, 0.15) is 46.0 Å². The summed E-state index contributed by atoms with van der Waals surface area (Å²) in [6, 6.07) is -0.537. The van der Waals surface area contributed by atoms with Crippen LogP contribution in [0.25, 0.3) is 0 Å². The Kier molecular flexibility index (Phi) is 4.48. The third-order valence-electron chi connectivity index (χ3n) is 3.81. The zero-order chi connectivity index (χ0) is 13.9. The highest BCUT2D eigenvalue weighted by Gasteiger charge is 2.53. The average molecular weight is 254 g/mol. The first kappa shape index (κ1) is 14.7. The first-order valence-corrected chi connectivity index (χ1v) is 6.52. The van der Waals surface area contributed by atoms with Crippen LogP contribution in [-0.2, 0) is 9.59 Å². The monoisotopic (exact) mass is 254 g/mol. The van der Waals surface area contributed by atoms with Gasteiger partial charge in [0.2, 0.25) is 11.8 Å². The predicted molar refractivity (Wildman–Crippen MR) is 67.8 cm³/mol.